The molecule has 0 aliphatic rings. The van der Waals surface area contributed by atoms with Crippen LogP contribution in [0.4, 0.5) is 0 Å². The first kappa shape index (κ1) is 9.08. The molecule has 0 aliphatic carbocycles. The third kappa shape index (κ3) is 1.88. The van der Waals surface area contributed by atoms with E-state index in [0.29, 0.717) is 6.54 Å². The van der Waals surface area contributed by atoms with Gasteiger partial charge in [0.15, 0.2) is 0 Å². The quantitative estimate of drug-likeness (QED) is 0.739. The van der Waals surface area contributed by atoms with Gasteiger partial charge in [0.2, 0.25) is 0 Å². The molecule has 2 rings (SSSR count). The number of hydrogen-bond acceptors (Lipinski definition) is 4. The third-order valence-electron chi connectivity index (χ3n) is 1.81. The summed E-state index contributed by atoms with van der Waals surface area (Å²) in [5, 5.41) is 0. The van der Waals surface area contributed by atoms with Crippen molar-refractivity contribution in [3.63, 3.8) is 0 Å². The zero-order valence-corrected chi connectivity index (χ0v) is 8.49. The lowest BCUT2D eigenvalue weighted by molar-refractivity contribution is 0.706. The topological polar surface area (TPSA) is 47.8 Å². The zero-order chi connectivity index (χ0) is 9.97. The Kier molecular flexibility index (Phi) is 2.41. The second-order valence-corrected chi connectivity index (χ2v) is 4.30. The van der Waals surface area contributed by atoms with Crippen LogP contribution in [0.2, 0.25) is 0 Å². The molecule has 0 bridgehead atoms. The van der Waals surface area contributed by atoms with Crippen molar-refractivity contribution in [2.24, 2.45) is 0 Å². The van der Waals surface area contributed by atoms with E-state index in [2.05, 4.69) is 9.97 Å². The summed E-state index contributed by atoms with van der Waals surface area (Å²) in [5.74, 6) is 0. The molecule has 0 aliphatic heterocycles. The van der Waals surface area contributed by atoms with Crippen molar-refractivity contribution >= 4 is 11.3 Å². The van der Waals surface area contributed by atoms with E-state index in [9.17, 15) is 4.79 Å². The molecule has 2 aromatic rings. The summed E-state index contributed by atoms with van der Waals surface area (Å²) in [7, 11) is 0. The molecule has 0 radical (unpaired) electrons. The Bertz CT molecular complexity index is 489. The Hall–Kier alpha value is -1.49. The molecule has 72 valence electrons. The van der Waals surface area contributed by atoms with E-state index in [1.54, 1.807) is 11.3 Å². The van der Waals surface area contributed by atoms with Gasteiger partial charge in [0.25, 0.3) is 0 Å². The molecule has 0 aromatic carbocycles. The standard InChI is InChI=1S/C9H9N3OS/c1-7-2-3-8(14-7)4-12-6-10-5-11-9(12)13/h2-3,5-6H,4H2,1H3. The van der Waals surface area contributed by atoms with E-state index in [1.807, 2.05) is 19.1 Å². The average Bonchev–Trinajstić information content (AvgIpc) is 2.56. The van der Waals surface area contributed by atoms with Crippen LogP contribution >= 0.6 is 11.3 Å². The maximum absolute atomic E-state index is 11.2. The van der Waals surface area contributed by atoms with Crippen LogP contribution in [0.3, 0.4) is 0 Å². The second kappa shape index (κ2) is 3.71. The SMILES string of the molecule is Cc1ccc(Cn2cncnc2=O)s1. The predicted octanol–water partition coefficient (Wildman–Crippen LogP) is 1.06. The van der Waals surface area contributed by atoms with Crippen LogP contribution in [0.15, 0.2) is 29.6 Å². The van der Waals surface area contributed by atoms with Crippen LogP contribution < -0.4 is 5.69 Å². The number of thiophene rings is 1. The summed E-state index contributed by atoms with van der Waals surface area (Å²) in [4.78, 5) is 21.0. The normalized spacial score (nSPS) is 10.4. The Morgan fingerprint density at radius 1 is 1.50 bits per heavy atom. The van der Waals surface area contributed by atoms with E-state index >= 15 is 0 Å². The summed E-state index contributed by atoms with van der Waals surface area (Å²) in [6, 6.07) is 4.05. The van der Waals surface area contributed by atoms with Gasteiger partial charge in [0.05, 0.1) is 6.54 Å². The monoisotopic (exact) mass is 207 g/mol. The molecule has 0 atom stereocenters. The van der Waals surface area contributed by atoms with Crippen molar-refractivity contribution in [3.05, 3.63) is 45.0 Å². The first-order valence-electron chi connectivity index (χ1n) is 4.17. The van der Waals surface area contributed by atoms with Crippen LogP contribution in [-0.2, 0) is 6.54 Å². The van der Waals surface area contributed by atoms with Crippen LogP contribution in [0.25, 0.3) is 0 Å². The highest BCUT2D eigenvalue weighted by atomic mass is 32.1. The van der Waals surface area contributed by atoms with Crippen molar-refractivity contribution in [3.8, 4) is 0 Å². The summed E-state index contributed by atoms with van der Waals surface area (Å²) < 4.78 is 1.49. The summed E-state index contributed by atoms with van der Waals surface area (Å²) >= 11 is 1.68. The first-order chi connectivity index (χ1) is 6.75. The minimum Gasteiger partial charge on any atom is -0.277 e. The van der Waals surface area contributed by atoms with Gasteiger partial charge in [-0.15, -0.1) is 11.3 Å². The van der Waals surface area contributed by atoms with E-state index in [0.717, 1.165) is 4.88 Å². The van der Waals surface area contributed by atoms with Gasteiger partial charge in [0.1, 0.15) is 12.7 Å². The van der Waals surface area contributed by atoms with Gasteiger partial charge in [-0.3, -0.25) is 4.57 Å². The number of rotatable bonds is 2. The fraction of sp³-hybridized carbons (Fsp3) is 0.222. The molecule has 14 heavy (non-hydrogen) atoms. The molecule has 0 fully saturated rings. The highest BCUT2D eigenvalue weighted by Gasteiger charge is 2.00. The smallest absolute Gasteiger partial charge is 0.277 e. The van der Waals surface area contributed by atoms with E-state index in [1.165, 1.54) is 22.1 Å². The number of hydrogen-bond donors (Lipinski definition) is 0. The summed E-state index contributed by atoms with van der Waals surface area (Å²) in [6.45, 7) is 2.59. The summed E-state index contributed by atoms with van der Waals surface area (Å²) in [6.07, 6.45) is 2.77. The van der Waals surface area contributed by atoms with Crippen LogP contribution in [0.1, 0.15) is 9.75 Å². The molecule has 5 heteroatoms. The molecular weight excluding hydrogens is 198 g/mol. The average molecular weight is 207 g/mol. The number of nitrogens with zero attached hydrogens (tertiary/aromatic N) is 3. The Balaban J connectivity index is 2.27. The van der Waals surface area contributed by atoms with Gasteiger partial charge >= 0.3 is 5.69 Å². The zero-order valence-electron chi connectivity index (χ0n) is 7.67. The fourth-order valence-electron chi connectivity index (χ4n) is 1.16. The van der Waals surface area contributed by atoms with Crippen molar-refractivity contribution in [2.45, 2.75) is 13.5 Å². The Morgan fingerprint density at radius 2 is 2.36 bits per heavy atom. The van der Waals surface area contributed by atoms with Gasteiger partial charge in [0, 0.05) is 9.75 Å². The van der Waals surface area contributed by atoms with Crippen LogP contribution in [0, 0.1) is 6.92 Å². The number of aromatic nitrogens is 3. The van der Waals surface area contributed by atoms with E-state index < -0.39 is 0 Å². The van der Waals surface area contributed by atoms with Gasteiger partial charge in [-0.25, -0.2) is 9.78 Å². The highest BCUT2D eigenvalue weighted by molar-refractivity contribution is 7.11. The third-order valence-corrected chi connectivity index (χ3v) is 2.79. The minimum atomic E-state index is -0.258. The van der Waals surface area contributed by atoms with Crippen LogP contribution in [0.5, 0.6) is 0 Å². The van der Waals surface area contributed by atoms with E-state index in [-0.39, 0.29) is 5.69 Å². The molecule has 0 saturated heterocycles. The maximum Gasteiger partial charge on any atom is 0.350 e. The van der Waals surface area contributed by atoms with Gasteiger partial charge in [-0.2, -0.15) is 4.98 Å². The van der Waals surface area contributed by atoms with Gasteiger partial charge < -0.3 is 0 Å². The van der Waals surface area contributed by atoms with Crippen molar-refractivity contribution < 1.29 is 0 Å². The molecular formula is C9H9N3OS. The van der Waals surface area contributed by atoms with Gasteiger partial charge in [-0.1, -0.05) is 0 Å². The molecule has 2 heterocycles. The Morgan fingerprint density at radius 3 is 3.00 bits per heavy atom. The lowest BCUT2D eigenvalue weighted by atomic mass is 10.4. The van der Waals surface area contributed by atoms with Crippen LogP contribution in [-0.4, -0.2) is 14.5 Å². The van der Waals surface area contributed by atoms with E-state index in [4.69, 9.17) is 0 Å². The van der Waals surface area contributed by atoms with Crippen molar-refractivity contribution in [1.82, 2.24) is 14.5 Å². The predicted molar refractivity (Wildman–Crippen MR) is 54.5 cm³/mol. The maximum atomic E-state index is 11.2. The molecule has 4 nitrogen and oxygen atoms in total. The van der Waals surface area contributed by atoms with Crippen molar-refractivity contribution in [1.29, 1.82) is 0 Å². The number of aryl methyl sites for hydroxylation is 1. The minimum absolute atomic E-state index is 0.258. The lowest BCUT2D eigenvalue weighted by Crippen LogP contribution is -2.22. The first-order valence-corrected chi connectivity index (χ1v) is 4.99. The molecule has 0 amide bonds. The summed E-state index contributed by atoms with van der Waals surface area (Å²) in [5.41, 5.74) is -0.258. The van der Waals surface area contributed by atoms with Gasteiger partial charge in [-0.05, 0) is 19.1 Å². The van der Waals surface area contributed by atoms with Crippen molar-refractivity contribution in [2.75, 3.05) is 0 Å². The highest BCUT2D eigenvalue weighted by Crippen LogP contribution is 2.15. The molecule has 0 saturated carbocycles. The Labute approximate surface area is 84.9 Å². The second-order valence-electron chi connectivity index (χ2n) is 2.93. The fourth-order valence-corrected chi connectivity index (χ4v) is 2.05. The molecule has 0 N–H and O–H groups in total. The lowest BCUT2D eigenvalue weighted by Gasteiger charge is -1.99. The molecule has 0 spiro atoms. The molecule has 2 aromatic heterocycles. The largest absolute Gasteiger partial charge is 0.350 e. The molecule has 0 unspecified atom stereocenters.